The van der Waals surface area contributed by atoms with Gasteiger partial charge in [-0.1, -0.05) is 25.0 Å². The van der Waals surface area contributed by atoms with Crippen molar-refractivity contribution in [2.45, 2.75) is 38.5 Å². The second-order valence-corrected chi connectivity index (χ2v) is 7.13. The molecular weight excluding hydrogens is 330 g/mol. The number of hydrogen-bond acceptors (Lipinski definition) is 1. The lowest BCUT2D eigenvalue weighted by molar-refractivity contribution is 0.179. The molecule has 3 heteroatoms. The van der Waals surface area contributed by atoms with Crippen LogP contribution in [0.4, 0.5) is 8.78 Å². The highest BCUT2D eigenvalue weighted by Crippen LogP contribution is 2.32. The standard InChI is InChI=1S/C23H25F2O/c1-2-3-5-17-8-10-18(11-9-17)16-26-21-7-4-6-19(14-21)22-13-12-20(24)15-23(22)25/h2,4,6,12-15,17-18H,1,3,5,8-11,16H2/t17-,18-. The van der Waals surface area contributed by atoms with Crippen LogP contribution in [0.3, 0.4) is 0 Å². The molecule has 3 rings (SSSR count). The van der Waals surface area contributed by atoms with Crippen molar-refractivity contribution in [1.82, 2.24) is 0 Å². The first kappa shape index (κ1) is 18.6. The van der Waals surface area contributed by atoms with E-state index in [0.717, 1.165) is 18.4 Å². The Kier molecular flexibility index (Phi) is 6.43. The number of ether oxygens (including phenoxy) is 1. The minimum absolute atomic E-state index is 0.368. The maximum atomic E-state index is 14.0. The number of benzene rings is 2. The minimum atomic E-state index is -0.575. The summed E-state index contributed by atoms with van der Waals surface area (Å²) in [6.07, 6.45) is 9.24. The average molecular weight is 355 g/mol. The highest BCUT2D eigenvalue weighted by molar-refractivity contribution is 5.65. The molecule has 0 amide bonds. The molecule has 1 nitrogen and oxygen atoms in total. The van der Waals surface area contributed by atoms with Gasteiger partial charge in [-0.25, -0.2) is 8.78 Å². The third-order valence-corrected chi connectivity index (χ3v) is 5.24. The van der Waals surface area contributed by atoms with E-state index in [1.807, 2.05) is 6.08 Å². The predicted molar refractivity (Wildman–Crippen MR) is 101 cm³/mol. The van der Waals surface area contributed by atoms with Gasteiger partial charge < -0.3 is 4.74 Å². The second-order valence-electron chi connectivity index (χ2n) is 7.13. The summed E-state index contributed by atoms with van der Waals surface area (Å²) in [5.41, 5.74) is 1.04. The monoisotopic (exact) mass is 355 g/mol. The van der Waals surface area contributed by atoms with Crippen molar-refractivity contribution < 1.29 is 13.5 Å². The molecule has 2 aromatic carbocycles. The van der Waals surface area contributed by atoms with E-state index in [1.54, 1.807) is 18.2 Å². The molecule has 0 atom stereocenters. The van der Waals surface area contributed by atoms with Crippen LogP contribution in [0.1, 0.15) is 38.5 Å². The van der Waals surface area contributed by atoms with Crippen LogP contribution >= 0.6 is 0 Å². The van der Waals surface area contributed by atoms with Gasteiger partial charge in [0.1, 0.15) is 17.4 Å². The van der Waals surface area contributed by atoms with Crippen LogP contribution in [-0.4, -0.2) is 6.61 Å². The average Bonchev–Trinajstić information content (AvgIpc) is 2.66. The van der Waals surface area contributed by atoms with Crippen LogP contribution < -0.4 is 4.74 Å². The maximum absolute atomic E-state index is 14.0. The normalized spacial score (nSPS) is 19.9. The van der Waals surface area contributed by atoms with Gasteiger partial charge in [0.2, 0.25) is 0 Å². The summed E-state index contributed by atoms with van der Waals surface area (Å²) < 4.78 is 33.0. The van der Waals surface area contributed by atoms with E-state index >= 15 is 0 Å². The summed E-state index contributed by atoms with van der Waals surface area (Å²) in [7, 11) is 0. The molecule has 137 valence electrons. The van der Waals surface area contributed by atoms with Gasteiger partial charge in [-0.2, -0.15) is 0 Å². The van der Waals surface area contributed by atoms with Crippen molar-refractivity contribution in [3.63, 3.8) is 0 Å². The van der Waals surface area contributed by atoms with E-state index < -0.39 is 11.6 Å². The summed E-state index contributed by atoms with van der Waals surface area (Å²) >= 11 is 0. The highest BCUT2D eigenvalue weighted by atomic mass is 19.1. The summed E-state index contributed by atoms with van der Waals surface area (Å²) in [5.74, 6) is 0.851. The Morgan fingerprint density at radius 1 is 1.08 bits per heavy atom. The van der Waals surface area contributed by atoms with E-state index in [4.69, 9.17) is 4.74 Å². The van der Waals surface area contributed by atoms with E-state index in [-0.39, 0.29) is 0 Å². The zero-order valence-electron chi connectivity index (χ0n) is 15.0. The molecular formula is C23H25F2O. The molecule has 1 radical (unpaired) electrons. The molecule has 1 fully saturated rings. The van der Waals surface area contributed by atoms with Gasteiger partial charge in [0.25, 0.3) is 0 Å². The Morgan fingerprint density at radius 3 is 2.58 bits per heavy atom. The van der Waals surface area contributed by atoms with Crippen LogP contribution in [0.25, 0.3) is 11.1 Å². The molecule has 2 aromatic rings. The second kappa shape index (κ2) is 8.98. The van der Waals surface area contributed by atoms with Crippen molar-refractivity contribution in [2.75, 3.05) is 6.61 Å². The molecule has 0 aliphatic heterocycles. The van der Waals surface area contributed by atoms with Gasteiger partial charge in [0, 0.05) is 17.7 Å². The number of allylic oxidation sites excluding steroid dienone is 1. The molecule has 1 saturated carbocycles. The number of halogens is 2. The third kappa shape index (κ3) is 4.94. The lowest BCUT2D eigenvalue weighted by Crippen LogP contribution is -2.20. The molecule has 0 N–H and O–H groups in total. The Bertz CT molecular complexity index is 733. The molecule has 0 saturated heterocycles. The Balaban J connectivity index is 1.56. The van der Waals surface area contributed by atoms with Gasteiger partial charge in [-0.3, -0.25) is 0 Å². The number of hydrogen-bond donors (Lipinski definition) is 0. The first-order chi connectivity index (χ1) is 12.7. The summed E-state index contributed by atoms with van der Waals surface area (Å²) in [6.45, 7) is 4.46. The lowest BCUT2D eigenvalue weighted by Gasteiger charge is -2.28. The fourth-order valence-electron chi connectivity index (χ4n) is 3.67. The largest absolute Gasteiger partial charge is 0.493 e. The van der Waals surface area contributed by atoms with Crippen LogP contribution in [0, 0.1) is 29.5 Å². The van der Waals surface area contributed by atoms with Crippen molar-refractivity contribution in [2.24, 2.45) is 11.8 Å². The van der Waals surface area contributed by atoms with Crippen molar-refractivity contribution in [1.29, 1.82) is 0 Å². The van der Waals surface area contributed by atoms with Crippen LogP contribution in [-0.2, 0) is 0 Å². The molecule has 0 heterocycles. The zero-order chi connectivity index (χ0) is 18.4. The van der Waals surface area contributed by atoms with E-state index in [0.29, 0.717) is 29.4 Å². The fourth-order valence-corrected chi connectivity index (χ4v) is 3.67. The first-order valence-corrected chi connectivity index (χ1v) is 9.36. The van der Waals surface area contributed by atoms with Gasteiger partial charge in [0.15, 0.2) is 0 Å². The zero-order valence-corrected chi connectivity index (χ0v) is 15.0. The minimum Gasteiger partial charge on any atom is -0.493 e. The molecule has 0 spiro atoms. The van der Waals surface area contributed by atoms with Gasteiger partial charge >= 0.3 is 0 Å². The van der Waals surface area contributed by atoms with E-state index in [1.165, 1.54) is 44.2 Å². The summed E-state index contributed by atoms with van der Waals surface area (Å²) in [5, 5.41) is 0. The Morgan fingerprint density at radius 2 is 1.85 bits per heavy atom. The van der Waals surface area contributed by atoms with Crippen LogP contribution in [0.15, 0.2) is 49.1 Å². The van der Waals surface area contributed by atoms with Gasteiger partial charge in [-0.15, -0.1) is 6.58 Å². The molecule has 1 aliphatic rings. The molecule has 0 aromatic heterocycles. The highest BCUT2D eigenvalue weighted by Gasteiger charge is 2.21. The number of rotatable bonds is 7. The first-order valence-electron chi connectivity index (χ1n) is 9.36. The van der Waals surface area contributed by atoms with Gasteiger partial charge in [-0.05, 0) is 67.3 Å². The molecule has 26 heavy (non-hydrogen) atoms. The Labute approximate surface area is 154 Å². The van der Waals surface area contributed by atoms with E-state index in [9.17, 15) is 8.78 Å². The third-order valence-electron chi connectivity index (χ3n) is 5.24. The quantitative estimate of drug-likeness (QED) is 0.510. The molecule has 0 bridgehead atoms. The SMILES string of the molecule is C=CCC[C@H]1CC[C@H](COc2[c]ccc(-c3ccc(F)cc3F)c2)CC1. The summed E-state index contributed by atoms with van der Waals surface area (Å²) in [4.78, 5) is 0. The molecule has 0 unspecified atom stereocenters. The van der Waals surface area contributed by atoms with Crippen molar-refractivity contribution in [3.05, 3.63) is 66.8 Å². The smallest absolute Gasteiger partial charge is 0.133 e. The van der Waals surface area contributed by atoms with E-state index in [2.05, 4.69) is 12.6 Å². The Hall–Kier alpha value is -2.16. The predicted octanol–water partition coefficient (Wildman–Crippen LogP) is 6.58. The topological polar surface area (TPSA) is 9.23 Å². The van der Waals surface area contributed by atoms with Gasteiger partial charge in [0.05, 0.1) is 6.61 Å². The van der Waals surface area contributed by atoms with Crippen molar-refractivity contribution in [3.8, 4) is 16.9 Å². The van der Waals surface area contributed by atoms with Crippen molar-refractivity contribution >= 4 is 0 Å². The lowest BCUT2D eigenvalue weighted by atomic mass is 9.80. The summed E-state index contributed by atoms with van der Waals surface area (Å²) in [6, 6.07) is 11.9. The molecule has 1 aliphatic carbocycles. The maximum Gasteiger partial charge on any atom is 0.133 e. The fraction of sp³-hybridized carbons (Fsp3) is 0.391. The van der Waals surface area contributed by atoms with Crippen LogP contribution in [0.2, 0.25) is 0 Å². The van der Waals surface area contributed by atoms with Crippen LogP contribution in [0.5, 0.6) is 5.75 Å².